The summed E-state index contributed by atoms with van der Waals surface area (Å²) in [7, 11) is 0. The molecule has 132 valence electrons. The minimum absolute atomic E-state index is 0.0370. The summed E-state index contributed by atoms with van der Waals surface area (Å²) >= 11 is 11.7. The number of halogens is 4. The molecule has 0 aliphatic rings. The average Bonchev–Trinajstić information content (AvgIpc) is 2.58. The van der Waals surface area contributed by atoms with E-state index in [2.05, 4.69) is 19.8 Å². The van der Waals surface area contributed by atoms with Crippen LogP contribution in [0, 0.1) is 0 Å². The molecular formula is C15H12Cl2F2N4O2. The van der Waals surface area contributed by atoms with Gasteiger partial charge in [0.1, 0.15) is 23.1 Å². The maximum atomic E-state index is 12.3. The van der Waals surface area contributed by atoms with E-state index in [9.17, 15) is 8.78 Å². The van der Waals surface area contributed by atoms with E-state index in [1.165, 1.54) is 30.6 Å². The molecule has 1 heterocycles. The number of hydrogen-bond acceptors (Lipinski definition) is 6. The van der Waals surface area contributed by atoms with Gasteiger partial charge in [-0.25, -0.2) is 4.98 Å². The number of aromatic nitrogens is 1. The zero-order chi connectivity index (χ0) is 18.2. The maximum absolute atomic E-state index is 12.3. The lowest BCUT2D eigenvalue weighted by Crippen LogP contribution is -2.15. The first-order valence-corrected chi connectivity index (χ1v) is 7.53. The molecule has 0 amide bonds. The molecule has 0 aliphatic carbocycles. The Hall–Kier alpha value is -2.45. The van der Waals surface area contributed by atoms with Crippen molar-refractivity contribution in [1.29, 1.82) is 0 Å². The van der Waals surface area contributed by atoms with E-state index in [-0.39, 0.29) is 29.0 Å². The largest absolute Gasteiger partial charge is 0.470 e. The first kappa shape index (κ1) is 18.9. The number of hydrazone groups is 1. The summed E-state index contributed by atoms with van der Waals surface area (Å²) in [4.78, 5) is 8.02. The smallest absolute Gasteiger partial charge is 0.387 e. The number of ether oxygens (including phenoxy) is 2. The number of benzene rings is 1. The quantitative estimate of drug-likeness (QED) is 0.440. The second kappa shape index (κ2) is 9.14. The molecule has 0 bridgehead atoms. The van der Waals surface area contributed by atoms with Crippen molar-refractivity contribution in [3.8, 4) is 11.6 Å². The Bertz CT molecular complexity index is 788. The Labute approximate surface area is 151 Å². The molecule has 0 saturated carbocycles. The van der Waals surface area contributed by atoms with E-state index in [4.69, 9.17) is 33.8 Å². The van der Waals surface area contributed by atoms with Crippen LogP contribution >= 0.6 is 23.2 Å². The van der Waals surface area contributed by atoms with Gasteiger partial charge < -0.3 is 15.3 Å². The molecule has 10 heteroatoms. The number of nitrogens with two attached hydrogens (primary N) is 1. The molecule has 0 atom stereocenters. The van der Waals surface area contributed by atoms with Crippen molar-refractivity contribution in [2.75, 3.05) is 6.61 Å². The Morgan fingerprint density at radius 1 is 1.28 bits per heavy atom. The van der Waals surface area contributed by atoms with E-state index >= 15 is 0 Å². The highest BCUT2D eigenvalue weighted by Gasteiger charge is 2.09. The van der Waals surface area contributed by atoms with Crippen molar-refractivity contribution in [3.63, 3.8) is 0 Å². The first-order chi connectivity index (χ1) is 12.0. The van der Waals surface area contributed by atoms with Gasteiger partial charge >= 0.3 is 6.61 Å². The molecule has 2 aromatic rings. The standard InChI is InChI=1S/C15H12Cl2F2N4O2/c16-11-4-3-9(6-13(11)25-15(18)19)22-7-10(23-20)8-24-14-12(17)2-1-5-21-14/h1-7,15H,8,20H2. The second-order valence-electron chi connectivity index (χ2n) is 4.45. The molecule has 2 rings (SSSR count). The van der Waals surface area contributed by atoms with Gasteiger partial charge in [-0.2, -0.15) is 13.9 Å². The molecule has 0 unspecified atom stereocenters. The summed E-state index contributed by atoms with van der Waals surface area (Å²) in [5.74, 6) is 5.31. The van der Waals surface area contributed by atoms with Crippen LogP contribution in [0.15, 0.2) is 46.6 Å². The molecule has 1 aromatic heterocycles. The SMILES string of the molecule is NN=C(C=Nc1ccc(Cl)c(OC(F)F)c1)COc1ncccc1Cl. The molecule has 0 radical (unpaired) electrons. The van der Waals surface area contributed by atoms with E-state index in [1.807, 2.05) is 0 Å². The van der Waals surface area contributed by atoms with Crippen LogP contribution in [0.2, 0.25) is 10.0 Å². The molecule has 0 aliphatic heterocycles. The molecule has 6 nitrogen and oxygen atoms in total. The van der Waals surface area contributed by atoms with Crippen LogP contribution in [0.25, 0.3) is 0 Å². The zero-order valence-corrected chi connectivity index (χ0v) is 14.1. The Balaban J connectivity index is 2.05. The van der Waals surface area contributed by atoms with Crippen LogP contribution in [0.4, 0.5) is 14.5 Å². The van der Waals surface area contributed by atoms with E-state index in [0.29, 0.717) is 10.7 Å². The van der Waals surface area contributed by atoms with Gasteiger partial charge in [0.15, 0.2) is 0 Å². The number of nitrogens with zero attached hydrogens (tertiary/aromatic N) is 3. The molecule has 0 saturated heterocycles. The van der Waals surface area contributed by atoms with E-state index < -0.39 is 6.61 Å². The van der Waals surface area contributed by atoms with Gasteiger partial charge in [0.05, 0.1) is 16.9 Å². The van der Waals surface area contributed by atoms with Crippen LogP contribution in [0.1, 0.15) is 0 Å². The van der Waals surface area contributed by atoms with Gasteiger partial charge in [0, 0.05) is 12.3 Å². The molecule has 2 N–H and O–H groups in total. The van der Waals surface area contributed by atoms with Crippen molar-refractivity contribution in [2.24, 2.45) is 15.9 Å². The molecule has 0 spiro atoms. The van der Waals surface area contributed by atoms with Crippen LogP contribution in [0.3, 0.4) is 0 Å². The predicted molar refractivity (Wildman–Crippen MR) is 92.6 cm³/mol. The molecular weight excluding hydrogens is 377 g/mol. The third-order valence-corrected chi connectivity index (χ3v) is 3.34. The van der Waals surface area contributed by atoms with Crippen molar-refractivity contribution in [1.82, 2.24) is 4.98 Å². The van der Waals surface area contributed by atoms with Gasteiger partial charge in [0.25, 0.3) is 0 Å². The van der Waals surface area contributed by atoms with Gasteiger partial charge in [0.2, 0.25) is 5.88 Å². The van der Waals surface area contributed by atoms with Gasteiger partial charge in [-0.3, -0.25) is 4.99 Å². The van der Waals surface area contributed by atoms with Gasteiger partial charge in [-0.15, -0.1) is 0 Å². The fourth-order valence-corrected chi connectivity index (χ4v) is 1.97. The Kier molecular flexibility index (Phi) is 6.91. The Morgan fingerprint density at radius 2 is 2.08 bits per heavy atom. The van der Waals surface area contributed by atoms with Crippen molar-refractivity contribution >= 4 is 40.8 Å². The highest BCUT2D eigenvalue weighted by Crippen LogP contribution is 2.30. The number of alkyl halides is 2. The lowest BCUT2D eigenvalue weighted by molar-refractivity contribution is -0.0497. The molecule has 1 aromatic carbocycles. The normalized spacial score (nSPS) is 12.0. The number of aliphatic imine (C=N–C) groups is 1. The van der Waals surface area contributed by atoms with Crippen molar-refractivity contribution in [3.05, 3.63) is 46.6 Å². The highest BCUT2D eigenvalue weighted by atomic mass is 35.5. The fraction of sp³-hybridized carbons (Fsp3) is 0.133. The summed E-state index contributed by atoms with van der Waals surface area (Å²) in [6.45, 7) is -3.03. The molecule has 25 heavy (non-hydrogen) atoms. The maximum Gasteiger partial charge on any atom is 0.387 e. The lowest BCUT2D eigenvalue weighted by atomic mass is 10.3. The summed E-state index contributed by atoms with van der Waals surface area (Å²) in [5.41, 5.74) is 0.588. The van der Waals surface area contributed by atoms with Gasteiger partial charge in [-0.05, 0) is 24.3 Å². The minimum atomic E-state index is -2.99. The van der Waals surface area contributed by atoms with Crippen molar-refractivity contribution < 1.29 is 18.3 Å². The Morgan fingerprint density at radius 3 is 2.76 bits per heavy atom. The van der Waals surface area contributed by atoms with Crippen molar-refractivity contribution in [2.45, 2.75) is 6.61 Å². The third kappa shape index (κ3) is 5.84. The number of pyridine rings is 1. The van der Waals surface area contributed by atoms with E-state index in [1.54, 1.807) is 12.1 Å². The first-order valence-electron chi connectivity index (χ1n) is 6.78. The summed E-state index contributed by atoms with van der Waals surface area (Å²) in [6.07, 6.45) is 2.83. The van der Waals surface area contributed by atoms with Crippen LogP contribution in [-0.2, 0) is 0 Å². The highest BCUT2D eigenvalue weighted by molar-refractivity contribution is 6.33. The predicted octanol–water partition coefficient (Wildman–Crippen LogP) is 4.09. The lowest BCUT2D eigenvalue weighted by Gasteiger charge is -2.07. The fourth-order valence-electron chi connectivity index (χ4n) is 1.64. The van der Waals surface area contributed by atoms with E-state index in [0.717, 1.165) is 0 Å². The van der Waals surface area contributed by atoms with Crippen LogP contribution in [-0.4, -0.2) is 30.1 Å². The van der Waals surface area contributed by atoms with Crippen LogP contribution < -0.4 is 15.3 Å². The topological polar surface area (TPSA) is 82.1 Å². The number of rotatable bonds is 7. The summed E-state index contributed by atoms with van der Waals surface area (Å²) in [6, 6.07) is 7.44. The number of hydrogen-bond donors (Lipinski definition) is 1. The minimum Gasteiger partial charge on any atom is -0.470 e. The summed E-state index contributed by atoms with van der Waals surface area (Å²) in [5, 5.41) is 3.91. The second-order valence-corrected chi connectivity index (χ2v) is 5.27. The zero-order valence-electron chi connectivity index (χ0n) is 12.6. The molecule has 0 fully saturated rings. The van der Waals surface area contributed by atoms with Crippen LogP contribution in [0.5, 0.6) is 11.6 Å². The monoisotopic (exact) mass is 388 g/mol. The van der Waals surface area contributed by atoms with Gasteiger partial charge in [-0.1, -0.05) is 23.2 Å². The third-order valence-electron chi connectivity index (χ3n) is 2.74. The average molecular weight is 389 g/mol. The summed E-state index contributed by atoms with van der Waals surface area (Å²) < 4.78 is 34.3.